The van der Waals surface area contributed by atoms with E-state index in [0.717, 1.165) is 17.7 Å². The van der Waals surface area contributed by atoms with E-state index in [1.807, 2.05) is 31.2 Å². The summed E-state index contributed by atoms with van der Waals surface area (Å²) < 4.78 is 23.6. The zero-order valence-electron chi connectivity index (χ0n) is 28.2. The lowest BCUT2D eigenvalue weighted by atomic mass is 9.88. The van der Waals surface area contributed by atoms with E-state index in [1.54, 1.807) is 6.92 Å². The number of benzene rings is 4. The molecule has 0 spiro atoms. The molecule has 0 amide bonds. The van der Waals surface area contributed by atoms with Crippen molar-refractivity contribution >= 4 is 18.1 Å². The number of ether oxygens (including phenoxy) is 4. The molecule has 3 unspecified atom stereocenters. The molecule has 0 heterocycles. The molecule has 5 heteroatoms. The number of fused-ring (bicyclic) bond motifs is 2. The van der Waals surface area contributed by atoms with Crippen LogP contribution in [0.15, 0.2) is 91.0 Å². The molecule has 0 aromatic heterocycles. The fraction of sp³-hybridized carbons (Fsp3) is 0.357. The molecule has 246 valence electrons. The largest absolute Gasteiger partial charge is 0.491 e. The molecule has 0 saturated carbocycles. The highest BCUT2D eigenvalue weighted by molar-refractivity contribution is 5.77. The van der Waals surface area contributed by atoms with Crippen molar-refractivity contribution in [2.45, 2.75) is 71.5 Å². The van der Waals surface area contributed by atoms with Gasteiger partial charge in [0.15, 0.2) is 6.10 Å². The van der Waals surface area contributed by atoms with Gasteiger partial charge in [-0.25, -0.2) is 4.79 Å². The number of hydrogen-bond acceptors (Lipinski definition) is 5. The summed E-state index contributed by atoms with van der Waals surface area (Å²) in [5, 5.41) is 0. The van der Waals surface area contributed by atoms with Crippen LogP contribution in [0.5, 0.6) is 5.75 Å². The van der Waals surface area contributed by atoms with Crippen LogP contribution in [0.25, 0.3) is 12.2 Å². The Balaban J connectivity index is 1.30. The lowest BCUT2D eigenvalue weighted by molar-refractivity contribution is -0.156. The highest BCUT2D eigenvalue weighted by Crippen LogP contribution is 2.38. The third-order valence-electron chi connectivity index (χ3n) is 8.79. The summed E-state index contributed by atoms with van der Waals surface area (Å²) in [6.07, 6.45) is 7.50. The molecule has 5 nitrogen and oxygen atoms in total. The van der Waals surface area contributed by atoms with Gasteiger partial charge in [-0.15, -0.1) is 0 Å². The Kier molecular flexibility index (Phi) is 12.4. The number of aryl methyl sites for hydroxylation is 1. The summed E-state index contributed by atoms with van der Waals surface area (Å²) in [5.41, 5.74) is 9.67. The van der Waals surface area contributed by atoms with Crippen LogP contribution < -0.4 is 4.74 Å². The van der Waals surface area contributed by atoms with Gasteiger partial charge in [0.25, 0.3) is 0 Å². The first-order chi connectivity index (χ1) is 23.0. The van der Waals surface area contributed by atoms with Crippen molar-refractivity contribution in [3.05, 3.63) is 136 Å². The van der Waals surface area contributed by atoms with E-state index in [4.69, 9.17) is 18.9 Å². The van der Waals surface area contributed by atoms with E-state index in [-0.39, 0.29) is 18.0 Å². The average molecular weight is 633 g/mol. The molecule has 3 atom stereocenters. The standard InChI is InChI=1S/C42H48O5/c1-5-8-12-31-15-18-34-19-20-36-29-35(30(4)33-13-10-9-11-14-33)21-24-38(36)41(39(34)27-31)47-26-25-46-37-22-16-32(17-23-37)28-40(44-6-2)42(43)45-7-3/h9-11,13-24,27,29-30,40-41H,5-8,12,25-26,28H2,1-4H3. The predicted molar refractivity (Wildman–Crippen MR) is 190 cm³/mol. The fourth-order valence-electron chi connectivity index (χ4n) is 6.15. The molecule has 1 aliphatic rings. The minimum atomic E-state index is -0.611. The molecule has 0 aliphatic heterocycles. The van der Waals surface area contributed by atoms with Gasteiger partial charge in [0, 0.05) is 18.9 Å². The maximum atomic E-state index is 12.3. The number of carbonyl (C=O) groups excluding carboxylic acids is 1. The molecular formula is C42H48O5. The molecule has 1 aliphatic carbocycles. The molecule has 5 rings (SSSR count). The Bertz CT molecular complexity index is 1610. The summed E-state index contributed by atoms with van der Waals surface area (Å²) in [6, 6.07) is 32.1. The second-order valence-corrected chi connectivity index (χ2v) is 12.1. The normalized spacial score (nSPS) is 14.9. The number of hydrogen-bond donors (Lipinski definition) is 0. The number of rotatable bonds is 16. The molecule has 4 aromatic carbocycles. The summed E-state index contributed by atoms with van der Waals surface area (Å²) in [4.78, 5) is 12.3. The molecule has 4 aromatic rings. The minimum Gasteiger partial charge on any atom is -0.491 e. The van der Waals surface area contributed by atoms with Crippen molar-refractivity contribution in [2.24, 2.45) is 0 Å². The Morgan fingerprint density at radius 1 is 0.745 bits per heavy atom. The first-order valence-electron chi connectivity index (χ1n) is 17.1. The van der Waals surface area contributed by atoms with Gasteiger partial charge in [0.1, 0.15) is 18.5 Å². The van der Waals surface area contributed by atoms with E-state index in [2.05, 4.69) is 92.7 Å². The molecule has 0 N–H and O–H groups in total. The van der Waals surface area contributed by atoms with Crippen molar-refractivity contribution in [1.82, 2.24) is 0 Å². The molecule has 47 heavy (non-hydrogen) atoms. The molecule has 0 fully saturated rings. The van der Waals surface area contributed by atoms with E-state index < -0.39 is 6.10 Å². The van der Waals surface area contributed by atoms with Crippen molar-refractivity contribution in [1.29, 1.82) is 0 Å². The zero-order chi connectivity index (χ0) is 33.0. The smallest absolute Gasteiger partial charge is 0.335 e. The Labute approximate surface area is 280 Å². The van der Waals surface area contributed by atoms with Crippen molar-refractivity contribution in [2.75, 3.05) is 26.4 Å². The van der Waals surface area contributed by atoms with Crippen LogP contribution in [0.2, 0.25) is 0 Å². The van der Waals surface area contributed by atoms with Crippen LogP contribution in [0.3, 0.4) is 0 Å². The van der Waals surface area contributed by atoms with Gasteiger partial charge in [-0.05, 0) is 83.3 Å². The van der Waals surface area contributed by atoms with Crippen LogP contribution in [-0.2, 0) is 31.8 Å². The van der Waals surface area contributed by atoms with Gasteiger partial charge in [-0.1, -0.05) is 111 Å². The highest BCUT2D eigenvalue weighted by atomic mass is 16.6. The van der Waals surface area contributed by atoms with Crippen LogP contribution in [0, 0.1) is 0 Å². The predicted octanol–water partition coefficient (Wildman–Crippen LogP) is 9.36. The lowest BCUT2D eigenvalue weighted by Gasteiger charge is -2.23. The van der Waals surface area contributed by atoms with E-state index in [9.17, 15) is 4.79 Å². The maximum Gasteiger partial charge on any atom is 0.335 e. The van der Waals surface area contributed by atoms with Crippen LogP contribution in [-0.4, -0.2) is 38.5 Å². The van der Waals surface area contributed by atoms with Crippen molar-refractivity contribution in [3.8, 4) is 5.75 Å². The monoisotopic (exact) mass is 632 g/mol. The fourth-order valence-corrected chi connectivity index (χ4v) is 6.15. The third kappa shape index (κ3) is 9.00. The second-order valence-electron chi connectivity index (χ2n) is 12.1. The Morgan fingerprint density at radius 2 is 1.51 bits per heavy atom. The van der Waals surface area contributed by atoms with Gasteiger partial charge >= 0.3 is 5.97 Å². The third-order valence-corrected chi connectivity index (χ3v) is 8.79. The molecule has 0 bridgehead atoms. The van der Waals surface area contributed by atoms with Crippen LogP contribution in [0.1, 0.15) is 97.1 Å². The van der Waals surface area contributed by atoms with E-state index >= 15 is 0 Å². The van der Waals surface area contributed by atoms with E-state index in [1.165, 1.54) is 51.8 Å². The van der Waals surface area contributed by atoms with Gasteiger partial charge < -0.3 is 18.9 Å². The molecule has 0 radical (unpaired) electrons. The second kappa shape index (κ2) is 17.1. The van der Waals surface area contributed by atoms with Crippen LogP contribution in [0.4, 0.5) is 0 Å². The lowest BCUT2D eigenvalue weighted by Crippen LogP contribution is -2.28. The Hall–Kier alpha value is -4.19. The number of carbonyl (C=O) groups is 1. The topological polar surface area (TPSA) is 54.0 Å². The highest BCUT2D eigenvalue weighted by Gasteiger charge is 2.24. The van der Waals surface area contributed by atoms with Crippen molar-refractivity contribution < 1.29 is 23.7 Å². The maximum absolute atomic E-state index is 12.3. The number of esters is 1. The first kappa shape index (κ1) is 34.2. The summed E-state index contributed by atoms with van der Waals surface area (Å²) in [6.45, 7) is 9.81. The quantitative estimate of drug-likeness (QED) is 0.0910. The summed E-state index contributed by atoms with van der Waals surface area (Å²) in [5.74, 6) is 0.713. The molecule has 0 saturated heterocycles. The Morgan fingerprint density at radius 3 is 2.26 bits per heavy atom. The SMILES string of the molecule is CCCCc1ccc2c(c1)C(OCCOc1ccc(CC(OCC)C(=O)OCC)cc1)c1ccc(C(C)c3ccccc3)cc1C=C2. The van der Waals surface area contributed by atoms with E-state index in [0.29, 0.717) is 32.8 Å². The first-order valence-corrected chi connectivity index (χ1v) is 17.1. The zero-order valence-corrected chi connectivity index (χ0v) is 28.2. The summed E-state index contributed by atoms with van der Waals surface area (Å²) >= 11 is 0. The molecular weight excluding hydrogens is 584 g/mol. The minimum absolute atomic E-state index is 0.206. The number of unbranched alkanes of at least 4 members (excludes halogenated alkanes) is 1. The summed E-state index contributed by atoms with van der Waals surface area (Å²) in [7, 11) is 0. The van der Waals surface area contributed by atoms with Gasteiger partial charge in [-0.2, -0.15) is 0 Å². The van der Waals surface area contributed by atoms with Gasteiger partial charge in [-0.3, -0.25) is 0 Å². The van der Waals surface area contributed by atoms with Gasteiger partial charge in [0.05, 0.1) is 13.2 Å². The van der Waals surface area contributed by atoms with Gasteiger partial charge in [0.2, 0.25) is 0 Å². The van der Waals surface area contributed by atoms with Crippen LogP contribution >= 0.6 is 0 Å². The van der Waals surface area contributed by atoms with Crippen molar-refractivity contribution in [3.63, 3.8) is 0 Å². The average Bonchev–Trinajstić information content (AvgIpc) is 3.25.